The van der Waals surface area contributed by atoms with Gasteiger partial charge in [-0.2, -0.15) is 13.2 Å². The molecule has 1 amide bonds. The maximum absolute atomic E-state index is 13.0. The van der Waals surface area contributed by atoms with Gasteiger partial charge in [-0.25, -0.2) is 9.78 Å². The lowest BCUT2D eigenvalue weighted by molar-refractivity contribution is -0.141. The van der Waals surface area contributed by atoms with Crippen LogP contribution < -0.4 is 27.6 Å². The van der Waals surface area contributed by atoms with Crippen LogP contribution in [-0.4, -0.2) is 36.8 Å². The predicted octanol–water partition coefficient (Wildman–Crippen LogP) is 2.39. The number of amides is 1. The second-order valence-electron chi connectivity index (χ2n) is 8.17. The van der Waals surface area contributed by atoms with Crippen molar-refractivity contribution in [2.45, 2.75) is 46.0 Å². The highest BCUT2D eigenvalue weighted by Crippen LogP contribution is 2.33. The monoisotopic (exact) mass is 539 g/mol. The van der Waals surface area contributed by atoms with Crippen molar-refractivity contribution in [1.29, 1.82) is 0 Å². The van der Waals surface area contributed by atoms with Crippen LogP contribution in [0.25, 0.3) is 10.6 Å². The van der Waals surface area contributed by atoms with Gasteiger partial charge in [-0.1, -0.05) is 6.92 Å². The van der Waals surface area contributed by atoms with Gasteiger partial charge in [-0.3, -0.25) is 28.5 Å². The molecule has 0 spiro atoms. The third-order valence-electron chi connectivity index (χ3n) is 5.43. The molecular formula is C22H24F3N7O4S. The second kappa shape index (κ2) is 10.5. The summed E-state index contributed by atoms with van der Waals surface area (Å²) < 4.78 is 40.6. The number of rotatable bonds is 8. The third kappa shape index (κ3) is 5.87. The lowest BCUT2D eigenvalue weighted by Gasteiger charge is -2.18. The smallest absolute Gasteiger partial charge is 0.383 e. The number of ketones is 1. The van der Waals surface area contributed by atoms with Crippen LogP contribution in [0.5, 0.6) is 0 Å². The molecule has 0 aliphatic rings. The summed E-state index contributed by atoms with van der Waals surface area (Å²) in [5, 5.41) is 7.07. The van der Waals surface area contributed by atoms with Gasteiger partial charge < -0.3 is 16.4 Å². The third-order valence-corrected chi connectivity index (χ3v) is 6.32. The van der Waals surface area contributed by atoms with Crippen LogP contribution in [0, 0.1) is 6.92 Å². The maximum Gasteiger partial charge on any atom is 0.433 e. The molecule has 3 heterocycles. The van der Waals surface area contributed by atoms with Gasteiger partial charge >= 0.3 is 11.9 Å². The van der Waals surface area contributed by atoms with E-state index in [1.165, 1.54) is 32.3 Å². The van der Waals surface area contributed by atoms with Crippen molar-refractivity contribution in [3.8, 4) is 10.6 Å². The first kappa shape index (κ1) is 27.6. The van der Waals surface area contributed by atoms with Crippen LogP contribution in [0.3, 0.4) is 0 Å². The molecule has 0 fully saturated rings. The lowest BCUT2D eigenvalue weighted by atomic mass is 10.1. The van der Waals surface area contributed by atoms with Crippen molar-refractivity contribution in [2.75, 3.05) is 16.4 Å². The number of carbonyl (C=O) groups excluding carboxylic acids is 2. The minimum atomic E-state index is -4.57. The van der Waals surface area contributed by atoms with E-state index in [9.17, 15) is 32.3 Å². The van der Waals surface area contributed by atoms with Crippen LogP contribution >= 0.6 is 11.3 Å². The highest BCUT2D eigenvalue weighted by atomic mass is 32.1. The molecule has 15 heteroatoms. The van der Waals surface area contributed by atoms with Gasteiger partial charge in [-0.05, 0) is 25.5 Å². The Kier molecular flexibility index (Phi) is 7.86. The summed E-state index contributed by atoms with van der Waals surface area (Å²) in [6.45, 7) is 3.90. The van der Waals surface area contributed by atoms with Crippen molar-refractivity contribution in [2.24, 2.45) is 7.05 Å². The van der Waals surface area contributed by atoms with E-state index in [4.69, 9.17) is 5.73 Å². The second-order valence-corrected chi connectivity index (χ2v) is 9.02. The van der Waals surface area contributed by atoms with Crippen LogP contribution in [0.2, 0.25) is 0 Å². The summed E-state index contributed by atoms with van der Waals surface area (Å²) in [4.78, 5) is 57.5. The Balaban J connectivity index is 1.79. The van der Waals surface area contributed by atoms with Gasteiger partial charge in [-0.15, -0.1) is 11.3 Å². The van der Waals surface area contributed by atoms with Crippen LogP contribution in [0.15, 0.2) is 27.2 Å². The Morgan fingerprint density at radius 3 is 2.54 bits per heavy atom. The van der Waals surface area contributed by atoms with Crippen molar-refractivity contribution in [3.05, 3.63) is 49.7 Å². The summed E-state index contributed by atoms with van der Waals surface area (Å²) >= 11 is 1.09. The van der Waals surface area contributed by atoms with Gasteiger partial charge in [0.15, 0.2) is 5.78 Å². The van der Waals surface area contributed by atoms with Gasteiger partial charge in [0.1, 0.15) is 34.1 Å². The number of anilines is 3. The zero-order valence-electron chi connectivity index (χ0n) is 20.3. The molecule has 1 atom stereocenters. The number of thiazole rings is 1. The number of hydrogen-bond donors (Lipinski definition) is 3. The number of halogens is 3. The first-order chi connectivity index (χ1) is 17.2. The maximum atomic E-state index is 13.0. The molecule has 0 aromatic carbocycles. The normalized spacial score (nSPS) is 12.3. The number of nitrogens with zero attached hydrogens (tertiary/aromatic N) is 4. The molecule has 0 radical (unpaired) electrons. The summed E-state index contributed by atoms with van der Waals surface area (Å²) in [6.07, 6.45) is -3.39. The van der Waals surface area contributed by atoms with E-state index >= 15 is 0 Å². The van der Waals surface area contributed by atoms with Crippen LogP contribution in [-0.2, 0) is 29.4 Å². The number of alkyl halides is 3. The fourth-order valence-electron chi connectivity index (χ4n) is 3.32. The van der Waals surface area contributed by atoms with E-state index in [0.29, 0.717) is 10.6 Å². The van der Waals surface area contributed by atoms with E-state index in [1.54, 1.807) is 6.92 Å². The Morgan fingerprint density at radius 1 is 1.27 bits per heavy atom. The fraction of sp³-hybridized carbons (Fsp3) is 0.364. The van der Waals surface area contributed by atoms with Crippen molar-refractivity contribution in [1.82, 2.24) is 19.1 Å². The SMILES string of the molecule is CCC(=O)Cn1c(=O)c(N[C@@H](C)C(=O)Nc2csc(-c3cnc(C(F)(F)F)c(C)c3)n2)c(N)n(C)c1=O. The fourth-order valence-corrected chi connectivity index (χ4v) is 4.05. The summed E-state index contributed by atoms with van der Waals surface area (Å²) in [5.41, 5.74) is 3.38. The summed E-state index contributed by atoms with van der Waals surface area (Å²) in [5.74, 6) is -1.02. The Bertz CT molecular complexity index is 1480. The minimum Gasteiger partial charge on any atom is -0.383 e. The number of nitrogens with two attached hydrogens (primary N) is 1. The minimum absolute atomic E-state index is 0.0650. The lowest BCUT2D eigenvalue weighted by Crippen LogP contribution is -2.44. The average Bonchev–Trinajstić information content (AvgIpc) is 3.30. The van der Waals surface area contributed by atoms with E-state index in [-0.39, 0.29) is 35.1 Å². The quantitative estimate of drug-likeness (QED) is 0.394. The molecular weight excluding hydrogens is 515 g/mol. The van der Waals surface area contributed by atoms with E-state index in [1.807, 2.05) is 0 Å². The Hall–Kier alpha value is -4.01. The number of Topliss-reactive ketones (excluding diaryl/α,β-unsaturated/α-hetero) is 1. The zero-order chi connectivity index (χ0) is 27.7. The Labute approximate surface area is 212 Å². The molecule has 3 rings (SSSR count). The standard InChI is InChI=1S/C22H24F3N7O4S/c1-5-13(33)8-32-20(35)15(17(26)31(4)21(32)36)28-11(3)18(34)29-14-9-37-19(30-14)12-6-10(2)16(27-7-12)22(23,24)25/h6-7,9,11,28H,5,8,26H2,1-4H3,(H,29,34)/t11-/m0/s1. The number of aromatic nitrogens is 4. The van der Waals surface area contributed by atoms with Crippen LogP contribution in [0.1, 0.15) is 31.5 Å². The first-order valence-electron chi connectivity index (χ1n) is 10.9. The average molecular weight is 540 g/mol. The molecule has 0 unspecified atom stereocenters. The number of nitrogens with one attached hydrogen (secondary N) is 2. The molecule has 0 saturated heterocycles. The molecule has 0 saturated carbocycles. The predicted molar refractivity (Wildman–Crippen MR) is 132 cm³/mol. The molecule has 0 aliphatic heterocycles. The topological polar surface area (TPSA) is 154 Å². The number of carbonyl (C=O) groups is 2. The zero-order valence-corrected chi connectivity index (χ0v) is 21.1. The van der Waals surface area contributed by atoms with Gasteiger partial charge in [0.2, 0.25) is 5.91 Å². The number of nitrogen functional groups attached to an aromatic ring is 1. The first-order valence-corrected chi connectivity index (χ1v) is 11.8. The molecule has 3 aromatic heterocycles. The molecule has 3 aromatic rings. The molecule has 37 heavy (non-hydrogen) atoms. The molecule has 198 valence electrons. The van der Waals surface area contributed by atoms with Crippen molar-refractivity contribution in [3.63, 3.8) is 0 Å². The number of hydrogen-bond acceptors (Lipinski definition) is 9. The van der Waals surface area contributed by atoms with E-state index < -0.39 is 41.6 Å². The highest BCUT2D eigenvalue weighted by molar-refractivity contribution is 7.13. The molecule has 11 nitrogen and oxygen atoms in total. The molecule has 4 N–H and O–H groups in total. The number of aryl methyl sites for hydroxylation is 1. The van der Waals surface area contributed by atoms with Gasteiger partial charge in [0, 0.05) is 30.6 Å². The van der Waals surface area contributed by atoms with Crippen LogP contribution in [0.4, 0.5) is 30.5 Å². The Morgan fingerprint density at radius 2 is 1.95 bits per heavy atom. The molecule has 0 bridgehead atoms. The van der Waals surface area contributed by atoms with Crippen molar-refractivity contribution < 1.29 is 22.8 Å². The van der Waals surface area contributed by atoms with Gasteiger partial charge in [0.05, 0.1) is 6.54 Å². The summed E-state index contributed by atoms with van der Waals surface area (Å²) in [7, 11) is 1.33. The van der Waals surface area contributed by atoms with Gasteiger partial charge in [0.25, 0.3) is 5.56 Å². The highest BCUT2D eigenvalue weighted by Gasteiger charge is 2.34. The number of pyridine rings is 1. The largest absolute Gasteiger partial charge is 0.433 e. The van der Waals surface area contributed by atoms with E-state index in [0.717, 1.165) is 26.7 Å². The van der Waals surface area contributed by atoms with E-state index in [2.05, 4.69) is 20.6 Å². The van der Waals surface area contributed by atoms with Crippen molar-refractivity contribution >= 4 is 40.4 Å². The summed E-state index contributed by atoms with van der Waals surface area (Å²) in [6, 6.07) is 0.282. The molecule has 0 aliphatic carbocycles.